The third-order valence-electron chi connectivity index (χ3n) is 3.25. The molecular weight excluding hydrogens is 258 g/mol. The molecule has 0 heterocycles. The molecule has 6 nitrogen and oxygen atoms in total. The first-order valence-electron chi connectivity index (χ1n) is 6.66. The number of nitrogens with zero attached hydrogens (tertiary/aromatic N) is 2. The number of benzene rings is 1. The molecule has 0 aliphatic carbocycles. The van der Waals surface area contributed by atoms with Crippen LogP contribution in [0.5, 0.6) is 0 Å². The van der Waals surface area contributed by atoms with E-state index in [9.17, 15) is 14.9 Å². The van der Waals surface area contributed by atoms with Gasteiger partial charge in [0.1, 0.15) is 0 Å². The molecule has 1 rings (SSSR count). The van der Waals surface area contributed by atoms with Crippen molar-refractivity contribution in [3.05, 3.63) is 33.4 Å². The molecule has 20 heavy (non-hydrogen) atoms. The molecule has 1 aromatic carbocycles. The van der Waals surface area contributed by atoms with Gasteiger partial charge in [0.25, 0.3) is 5.69 Å². The minimum absolute atomic E-state index is 0.0433. The highest BCUT2D eigenvalue weighted by molar-refractivity contribution is 5.94. The summed E-state index contributed by atoms with van der Waals surface area (Å²) in [5, 5.41) is 13.6. The Labute approximate surface area is 118 Å². The molecule has 0 aliphatic heterocycles. The Bertz CT molecular complexity index is 487. The van der Waals surface area contributed by atoms with E-state index in [0.717, 1.165) is 13.1 Å². The third kappa shape index (κ3) is 4.03. The van der Waals surface area contributed by atoms with Crippen LogP contribution >= 0.6 is 0 Å². The SMILES string of the molecule is CCN(CC)CC(=O)Nc1c(C)cc([N+](=O)[O-])cc1C. The van der Waals surface area contributed by atoms with Gasteiger partial charge in [-0.25, -0.2) is 0 Å². The Morgan fingerprint density at radius 2 is 1.75 bits per heavy atom. The highest BCUT2D eigenvalue weighted by Crippen LogP contribution is 2.26. The summed E-state index contributed by atoms with van der Waals surface area (Å²) in [5.74, 6) is -0.103. The van der Waals surface area contributed by atoms with Crippen molar-refractivity contribution < 1.29 is 9.72 Å². The van der Waals surface area contributed by atoms with Crippen molar-refractivity contribution in [2.24, 2.45) is 0 Å². The van der Waals surface area contributed by atoms with Crippen molar-refractivity contribution >= 4 is 17.3 Å². The van der Waals surface area contributed by atoms with Crippen molar-refractivity contribution in [2.75, 3.05) is 25.0 Å². The summed E-state index contributed by atoms with van der Waals surface area (Å²) in [7, 11) is 0. The number of nitro groups is 1. The van der Waals surface area contributed by atoms with E-state index in [0.29, 0.717) is 23.4 Å². The molecule has 1 amide bonds. The zero-order valence-corrected chi connectivity index (χ0v) is 12.4. The van der Waals surface area contributed by atoms with E-state index in [1.807, 2.05) is 18.7 Å². The van der Waals surface area contributed by atoms with Gasteiger partial charge in [-0.15, -0.1) is 0 Å². The predicted molar refractivity (Wildman–Crippen MR) is 79.0 cm³/mol. The molecule has 1 aromatic rings. The molecule has 0 fully saturated rings. The molecular formula is C14H21N3O3. The number of hydrogen-bond donors (Lipinski definition) is 1. The lowest BCUT2D eigenvalue weighted by Crippen LogP contribution is -2.33. The number of rotatable bonds is 6. The van der Waals surface area contributed by atoms with Gasteiger partial charge in [0.05, 0.1) is 11.5 Å². The first-order valence-corrected chi connectivity index (χ1v) is 6.66. The molecule has 1 N–H and O–H groups in total. The van der Waals surface area contributed by atoms with E-state index in [-0.39, 0.29) is 11.6 Å². The van der Waals surface area contributed by atoms with E-state index in [2.05, 4.69) is 5.32 Å². The highest BCUT2D eigenvalue weighted by Gasteiger charge is 2.14. The summed E-state index contributed by atoms with van der Waals surface area (Å²) in [4.78, 5) is 24.3. The maximum absolute atomic E-state index is 12.0. The lowest BCUT2D eigenvalue weighted by molar-refractivity contribution is -0.384. The van der Waals surface area contributed by atoms with Crippen LogP contribution in [0.2, 0.25) is 0 Å². The standard InChI is InChI=1S/C14H21N3O3/c1-5-16(6-2)9-13(18)15-14-10(3)7-12(17(19)20)8-11(14)4/h7-8H,5-6,9H2,1-4H3,(H,15,18). The van der Waals surface area contributed by atoms with Crippen molar-refractivity contribution in [1.29, 1.82) is 0 Å². The molecule has 0 aromatic heterocycles. The average Bonchev–Trinajstić information content (AvgIpc) is 2.39. The number of amides is 1. The van der Waals surface area contributed by atoms with Gasteiger partial charge in [-0.3, -0.25) is 19.8 Å². The zero-order valence-electron chi connectivity index (χ0n) is 12.4. The molecule has 0 bridgehead atoms. The van der Waals surface area contributed by atoms with Crippen molar-refractivity contribution in [2.45, 2.75) is 27.7 Å². The van der Waals surface area contributed by atoms with Crippen LogP contribution in [0.1, 0.15) is 25.0 Å². The molecule has 0 radical (unpaired) electrons. The lowest BCUT2D eigenvalue weighted by atomic mass is 10.1. The molecule has 0 saturated carbocycles. The first-order chi connectivity index (χ1) is 9.38. The lowest BCUT2D eigenvalue weighted by Gasteiger charge is -2.18. The third-order valence-corrected chi connectivity index (χ3v) is 3.25. The second-order valence-electron chi connectivity index (χ2n) is 4.72. The van der Waals surface area contributed by atoms with Gasteiger partial charge < -0.3 is 5.32 Å². The number of non-ortho nitro benzene ring substituents is 1. The second kappa shape index (κ2) is 7.00. The predicted octanol–water partition coefficient (Wildman–Crippen LogP) is 2.49. The van der Waals surface area contributed by atoms with Crippen LogP contribution < -0.4 is 5.32 Å². The Hall–Kier alpha value is -1.95. The van der Waals surface area contributed by atoms with E-state index < -0.39 is 4.92 Å². The van der Waals surface area contributed by atoms with E-state index in [1.54, 1.807) is 13.8 Å². The average molecular weight is 279 g/mol. The van der Waals surface area contributed by atoms with Crippen LogP contribution in [-0.4, -0.2) is 35.4 Å². The summed E-state index contributed by atoms with van der Waals surface area (Å²) >= 11 is 0. The van der Waals surface area contributed by atoms with Crippen LogP contribution in [-0.2, 0) is 4.79 Å². The molecule has 0 aliphatic rings. The molecule has 0 spiro atoms. The van der Waals surface area contributed by atoms with Crippen LogP contribution in [0, 0.1) is 24.0 Å². The number of likely N-dealkylation sites (N-methyl/N-ethyl adjacent to an activating group) is 1. The Kier molecular flexibility index (Phi) is 5.64. The number of aryl methyl sites for hydroxylation is 2. The van der Waals surface area contributed by atoms with Gasteiger partial charge in [0.15, 0.2) is 0 Å². The topological polar surface area (TPSA) is 75.5 Å². The van der Waals surface area contributed by atoms with E-state index in [4.69, 9.17) is 0 Å². The summed E-state index contributed by atoms with van der Waals surface area (Å²) < 4.78 is 0. The van der Waals surface area contributed by atoms with Crippen LogP contribution in [0.3, 0.4) is 0 Å². The fourth-order valence-electron chi connectivity index (χ4n) is 2.07. The van der Waals surface area contributed by atoms with Gasteiger partial charge in [0, 0.05) is 17.8 Å². The van der Waals surface area contributed by atoms with Gasteiger partial charge in [-0.1, -0.05) is 13.8 Å². The van der Waals surface area contributed by atoms with Gasteiger partial charge in [0.2, 0.25) is 5.91 Å². The van der Waals surface area contributed by atoms with E-state index in [1.165, 1.54) is 12.1 Å². The van der Waals surface area contributed by atoms with Crippen LogP contribution in [0.25, 0.3) is 0 Å². The number of nitrogens with one attached hydrogen (secondary N) is 1. The van der Waals surface area contributed by atoms with Gasteiger partial charge in [-0.2, -0.15) is 0 Å². The second-order valence-corrected chi connectivity index (χ2v) is 4.72. The van der Waals surface area contributed by atoms with Gasteiger partial charge in [-0.05, 0) is 38.1 Å². The molecule has 0 saturated heterocycles. The van der Waals surface area contributed by atoms with Crippen molar-refractivity contribution in [1.82, 2.24) is 4.90 Å². The first kappa shape index (κ1) is 16.1. The fourth-order valence-corrected chi connectivity index (χ4v) is 2.07. The number of carbonyl (C=O) groups is 1. The minimum atomic E-state index is -0.429. The Morgan fingerprint density at radius 1 is 1.25 bits per heavy atom. The summed E-state index contributed by atoms with van der Waals surface area (Å²) in [6.45, 7) is 9.45. The number of nitro benzene ring substituents is 1. The van der Waals surface area contributed by atoms with Crippen molar-refractivity contribution in [3.8, 4) is 0 Å². The Morgan fingerprint density at radius 3 is 2.15 bits per heavy atom. The Balaban J connectivity index is 2.88. The fraction of sp³-hybridized carbons (Fsp3) is 0.500. The quantitative estimate of drug-likeness (QED) is 0.641. The molecule has 0 atom stereocenters. The minimum Gasteiger partial charge on any atom is -0.324 e. The number of hydrogen-bond acceptors (Lipinski definition) is 4. The summed E-state index contributed by atoms with van der Waals surface area (Å²) in [6.07, 6.45) is 0. The smallest absolute Gasteiger partial charge is 0.270 e. The zero-order chi connectivity index (χ0) is 15.3. The maximum atomic E-state index is 12.0. The largest absolute Gasteiger partial charge is 0.324 e. The summed E-state index contributed by atoms with van der Waals surface area (Å²) in [6, 6.07) is 2.94. The normalized spacial score (nSPS) is 10.7. The summed E-state index contributed by atoms with van der Waals surface area (Å²) in [5.41, 5.74) is 2.10. The van der Waals surface area contributed by atoms with Gasteiger partial charge >= 0.3 is 0 Å². The number of anilines is 1. The molecule has 110 valence electrons. The maximum Gasteiger partial charge on any atom is 0.270 e. The van der Waals surface area contributed by atoms with E-state index >= 15 is 0 Å². The van der Waals surface area contributed by atoms with Crippen LogP contribution in [0.15, 0.2) is 12.1 Å². The monoisotopic (exact) mass is 279 g/mol. The molecule has 6 heteroatoms. The van der Waals surface area contributed by atoms with Crippen LogP contribution in [0.4, 0.5) is 11.4 Å². The highest BCUT2D eigenvalue weighted by atomic mass is 16.6. The number of carbonyl (C=O) groups excluding carboxylic acids is 1. The molecule has 0 unspecified atom stereocenters. The van der Waals surface area contributed by atoms with Crippen molar-refractivity contribution in [3.63, 3.8) is 0 Å².